The highest BCUT2D eigenvalue weighted by atomic mass is 16.3. The van der Waals surface area contributed by atoms with Crippen molar-refractivity contribution in [2.45, 2.75) is 39.3 Å². The van der Waals surface area contributed by atoms with Gasteiger partial charge in [0.15, 0.2) is 0 Å². The summed E-state index contributed by atoms with van der Waals surface area (Å²) in [6.07, 6.45) is 4.39. The Labute approximate surface area is 90.1 Å². The molecule has 1 rings (SSSR count). The Hall–Kier alpha value is -1.34. The second-order valence-corrected chi connectivity index (χ2v) is 3.63. The fraction of sp³-hybridized carbons (Fsp3) is 0.636. The van der Waals surface area contributed by atoms with Crippen LogP contribution >= 0.6 is 0 Å². The average Bonchev–Trinajstić information content (AvgIpc) is 2.68. The predicted molar refractivity (Wildman–Crippen MR) is 56.9 cm³/mol. The Bertz CT molecular complexity index is 340. The smallest absolute Gasteiger partial charge is 0.0978 e. The third-order valence-corrected chi connectivity index (χ3v) is 2.43. The van der Waals surface area contributed by atoms with Crippen LogP contribution in [0.1, 0.15) is 38.4 Å². The number of aliphatic hydroxyl groups excluding tert-OH is 1. The zero-order chi connectivity index (χ0) is 11.3. The quantitative estimate of drug-likeness (QED) is 0.801. The summed E-state index contributed by atoms with van der Waals surface area (Å²) in [7, 11) is 0. The van der Waals surface area contributed by atoms with Crippen molar-refractivity contribution < 1.29 is 5.11 Å². The van der Waals surface area contributed by atoms with Gasteiger partial charge in [-0.05, 0) is 12.8 Å². The monoisotopic (exact) mass is 207 g/mol. The number of nitriles is 1. The molecule has 1 N–H and O–H groups in total. The van der Waals surface area contributed by atoms with Gasteiger partial charge >= 0.3 is 0 Å². The van der Waals surface area contributed by atoms with E-state index in [0.717, 1.165) is 18.5 Å². The van der Waals surface area contributed by atoms with Gasteiger partial charge in [0, 0.05) is 18.3 Å². The first-order valence-electron chi connectivity index (χ1n) is 5.32. The van der Waals surface area contributed by atoms with Gasteiger partial charge in [-0.1, -0.05) is 13.8 Å². The van der Waals surface area contributed by atoms with E-state index in [4.69, 9.17) is 5.26 Å². The zero-order valence-electron chi connectivity index (χ0n) is 9.22. The van der Waals surface area contributed by atoms with E-state index in [0.29, 0.717) is 6.42 Å². The molecule has 2 unspecified atom stereocenters. The van der Waals surface area contributed by atoms with E-state index in [9.17, 15) is 5.11 Å². The van der Waals surface area contributed by atoms with Crippen LogP contribution in [0.2, 0.25) is 0 Å². The number of aryl methyl sites for hydroxylation is 1. The summed E-state index contributed by atoms with van der Waals surface area (Å²) in [5.41, 5.74) is 0.733. The molecular weight excluding hydrogens is 190 g/mol. The van der Waals surface area contributed by atoms with Crippen molar-refractivity contribution >= 4 is 0 Å². The lowest BCUT2D eigenvalue weighted by molar-refractivity contribution is 0.132. The third-order valence-electron chi connectivity index (χ3n) is 2.43. The van der Waals surface area contributed by atoms with E-state index < -0.39 is 6.10 Å². The zero-order valence-corrected chi connectivity index (χ0v) is 9.22. The van der Waals surface area contributed by atoms with Crippen molar-refractivity contribution in [3.8, 4) is 6.07 Å². The summed E-state index contributed by atoms with van der Waals surface area (Å²) in [6.45, 7) is 4.81. The molecule has 4 nitrogen and oxygen atoms in total. The van der Waals surface area contributed by atoms with Gasteiger partial charge in [0.1, 0.15) is 0 Å². The number of aliphatic hydroxyl groups is 1. The van der Waals surface area contributed by atoms with Crippen molar-refractivity contribution in [1.82, 2.24) is 9.78 Å². The molecule has 0 fully saturated rings. The van der Waals surface area contributed by atoms with Crippen LogP contribution in [0.25, 0.3) is 0 Å². The summed E-state index contributed by atoms with van der Waals surface area (Å²) < 4.78 is 1.79. The topological polar surface area (TPSA) is 61.8 Å². The first kappa shape index (κ1) is 11.7. The molecule has 0 aromatic carbocycles. The average molecular weight is 207 g/mol. The molecule has 0 radical (unpaired) electrons. The molecule has 82 valence electrons. The standard InChI is InChI=1S/C11H17N3O/c1-3-5-14-8-10(7-13-14)11(15)9(4-2)6-12/h7-9,11,15H,3-5H2,1-2H3. The van der Waals surface area contributed by atoms with Crippen LogP contribution in [0.4, 0.5) is 0 Å². The molecule has 0 saturated heterocycles. The number of nitrogens with zero attached hydrogens (tertiary/aromatic N) is 3. The molecule has 1 aromatic heterocycles. The first-order valence-corrected chi connectivity index (χ1v) is 5.32. The summed E-state index contributed by atoms with van der Waals surface area (Å²) in [6, 6.07) is 2.10. The molecule has 2 atom stereocenters. The van der Waals surface area contributed by atoms with E-state index in [1.807, 2.05) is 13.1 Å². The third kappa shape index (κ3) is 2.80. The largest absolute Gasteiger partial charge is 0.387 e. The molecule has 0 aliphatic carbocycles. The van der Waals surface area contributed by atoms with Crippen LogP contribution < -0.4 is 0 Å². The molecule has 0 saturated carbocycles. The lowest BCUT2D eigenvalue weighted by Crippen LogP contribution is -2.09. The second-order valence-electron chi connectivity index (χ2n) is 3.63. The normalized spacial score (nSPS) is 14.5. The van der Waals surface area contributed by atoms with Gasteiger partial charge in [0.2, 0.25) is 0 Å². The number of rotatable bonds is 5. The maximum atomic E-state index is 9.89. The Morgan fingerprint density at radius 3 is 2.87 bits per heavy atom. The van der Waals surface area contributed by atoms with Crippen LogP contribution in [0.5, 0.6) is 0 Å². The highest BCUT2D eigenvalue weighted by molar-refractivity contribution is 5.12. The summed E-state index contributed by atoms with van der Waals surface area (Å²) >= 11 is 0. The minimum Gasteiger partial charge on any atom is -0.387 e. The van der Waals surface area contributed by atoms with Gasteiger partial charge in [-0.3, -0.25) is 4.68 Å². The maximum Gasteiger partial charge on any atom is 0.0978 e. The summed E-state index contributed by atoms with van der Waals surface area (Å²) in [5, 5.41) is 22.8. The molecule has 0 aliphatic rings. The Balaban J connectivity index is 2.73. The molecule has 15 heavy (non-hydrogen) atoms. The summed E-state index contributed by atoms with van der Waals surface area (Å²) in [5.74, 6) is -0.343. The van der Waals surface area contributed by atoms with E-state index in [-0.39, 0.29) is 5.92 Å². The SMILES string of the molecule is CCCn1cc(C(O)C(C#N)CC)cn1. The van der Waals surface area contributed by atoms with E-state index in [2.05, 4.69) is 18.1 Å². The maximum absolute atomic E-state index is 9.89. The molecule has 1 heterocycles. The lowest BCUT2D eigenvalue weighted by atomic mass is 9.97. The molecule has 0 spiro atoms. The van der Waals surface area contributed by atoms with Gasteiger partial charge < -0.3 is 5.11 Å². The Morgan fingerprint density at radius 2 is 2.33 bits per heavy atom. The van der Waals surface area contributed by atoms with Crippen molar-refractivity contribution in [2.24, 2.45) is 5.92 Å². The van der Waals surface area contributed by atoms with E-state index >= 15 is 0 Å². The molecule has 0 aliphatic heterocycles. The van der Waals surface area contributed by atoms with Gasteiger partial charge in [-0.2, -0.15) is 10.4 Å². The van der Waals surface area contributed by atoms with Gasteiger partial charge in [0.25, 0.3) is 0 Å². The minimum atomic E-state index is -0.717. The number of hydrogen-bond acceptors (Lipinski definition) is 3. The van der Waals surface area contributed by atoms with E-state index in [1.165, 1.54) is 0 Å². The summed E-state index contributed by atoms with van der Waals surface area (Å²) in [4.78, 5) is 0. The lowest BCUT2D eigenvalue weighted by Gasteiger charge is -2.12. The minimum absolute atomic E-state index is 0.343. The van der Waals surface area contributed by atoms with Crippen molar-refractivity contribution in [1.29, 1.82) is 5.26 Å². The highest BCUT2D eigenvalue weighted by Gasteiger charge is 2.19. The fourth-order valence-corrected chi connectivity index (χ4v) is 1.50. The number of hydrogen-bond donors (Lipinski definition) is 1. The van der Waals surface area contributed by atoms with Crippen molar-refractivity contribution in [3.63, 3.8) is 0 Å². The molecule has 4 heteroatoms. The van der Waals surface area contributed by atoms with Gasteiger partial charge in [0.05, 0.1) is 24.3 Å². The first-order chi connectivity index (χ1) is 7.22. The Kier molecular flexibility index (Phi) is 4.32. The van der Waals surface area contributed by atoms with Crippen LogP contribution in [0.15, 0.2) is 12.4 Å². The Morgan fingerprint density at radius 1 is 1.60 bits per heavy atom. The van der Waals surface area contributed by atoms with Crippen LogP contribution in [-0.4, -0.2) is 14.9 Å². The number of aromatic nitrogens is 2. The second kappa shape index (κ2) is 5.52. The van der Waals surface area contributed by atoms with Crippen LogP contribution in [0.3, 0.4) is 0 Å². The van der Waals surface area contributed by atoms with Gasteiger partial charge in [-0.15, -0.1) is 0 Å². The molecular formula is C11H17N3O. The van der Waals surface area contributed by atoms with Crippen LogP contribution in [-0.2, 0) is 6.54 Å². The van der Waals surface area contributed by atoms with Crippen molar-refractivity contribution in [3.05, 3.63) is 18.0 Å². The molecule has 0 amide bonds. The fourth-order valence-electron chi connectivity index (χ4n) is 1.50. The molecule has 0 bridgehead atoms. The molecule has 1 aromatic rings. The van der Waals surface area contributed by atoms with E-state index in [1.54, 1.807) is 10.9 Å². The van der Waals surface area contributed by atoms with Crippen molar-refractivity contribution in [2.75, 3.05) is 0 Å². The van der Waals surface area contributed by atoms with Crippen LogP contribution in [0, 0.1) is 17.2 Å². The predicted octanol–water partition coefficient (Wildman–Crippen LogP) is 1.88. The van der Waals surface area contributed by atoms with Gasteiger partial charge in [-0.25, -0.2) is 0 Å². The highest BCUT2D eigenvalue weighted by Crippen LogP contribution is 2.23.